The van der Waals surface area contributed by atoms with Crippen molar-refractivity contribution < 1.29 is 22.7 Å². The number of sulfone groups is 1. The highest BCUT2D eigenvalue weighted by Gasteiger charge is 2.14. The topological polar surface area (TPSA) is 95.7 Å². The smallest absolute Gasteiger partial charge is 0.302 e. The third-order valence-electron chi connectivity index (χ3n) is 1.86. The Kier molecular flexibility index (Phi) is 7.27. The monoisotopic (exact) mass is 253 g/mol. The Morgan fingerprint density at radius 1 is 1.31 bits per heavy atom. The highest BCUT2D eigenvalue weighted by molar-refractivity contribution is 7.91. The molecule has 6 nitrogen and oxygen atoms in total. The highest BCUT2D eigenvalue weighted by atomic mass is 32.2. The van der Waals surface area contributed by atoms with Gasteiger partial charge < -0.3 is 15.2 Å². The van der Waals surface area contributed by atoms with Crippen LogP contribution >= 0.6 is 0 Å². The molecule has 2 N–H and O–H groups in total. The van der Waals surface area contributed by atoms with Gasteiger partial charge in [0, 0.05) is 19.8 Å². The number of carbonyl (C=O) groups excluding carboxylic acids is 1. The van der Waals surface area contributed by atoms with Gasteiger partial charge in [0.1, 0.15) is 12.0 Å². The van der Waals surface area contributed by atoms with E-state index in [4.69, 9.17) is 10.5 Å². The molecule has 0 aromatic rings. The molecule has 7 heteroatoms. The van der Waals surface area contributed by atoms with Crippen LogP contribution in [0.25, 0.3) is 0 Å². The van der Waals surface area contributed by atoms with E-state index in [9.17, 15) is 13.2 Å². The van der Waals surface area contributed by atoms with Gasteiger partial charge in [0.2, 0.25) is 0 Å². The molecular formula is C9H19NO5S. The summed E-state index contributed by atoms with van der Waals surface area (Å²) in [5, 5.41) is -0.829. The van der Waals surface area contributed by atoms with E-state index in [1.807, 2.05) is 0 Å². The normalized spacial score (nSPS) is 13.4. The Morgan fingerprint density at radius 2 is 1.94 bits per heavy atom. The molecule has 1 unspecified atom stereocenters. The predicted octanol–water partition coefficient (Wildman–Crippen LogP) is -0.324. The minimum atomic E-state index is -3.16. The van der Waals surface area contributed by atoms with Crippen LogP contribution < -0.4 is 5.73 Å². The Labute approximate surface area is 96.0 Å². The Morgan fingerprint density at radius 3 is 2.44 bits per heavy atom. The fourth-order valence-corrected chi connectivity index (χ4v) is 1.54. The van der Waals surface area contributed by atoms with Gasteiger partial charge in [0.05, 0.1) is 6.61 Å². The Hall–Kier alpha value is -0.660. The van der Waals surface area contributed by atoms with Crippen molar-refractivity contribution in [3.05, 3.63) is 0 Å². The van der Waals surface area contributed by atoms with E-state index < -0.39 is 15.2 Å². The second-order valence-corrected chi connectivity index (χ2v) is 5.73. The lowest BCUT2D eigenvalue weighted by molar-refractivity contribution is -0.142. The van der Waals surface area contributed by atoms with E-state index in [2.05, 4.69) is 4.74 Å². The van der Waals surface area contributed by atoms with Gasteiger partial charge in [-0.25, -0.2) is 8.42 Å². The summed E-state index contributed by atoms with van der Waals surface area (Å²) >= 11 is 0. The molecule has 16 heavy (non-hydrogen) atoms. The number of rotatable bonds is 8. The van der Waals surface area contributed by atoms with Crippen LogP contribution in [0.5, 0.6) is 0 Å². The summed E-state index contributed by atoms with van der Waals surface area (Å²) in [5.74, 6) is -0.345. The van der Waals surface area contributed by atoms with Crippen LogP contribution in [0.1, 0.15) is 19.8 Å². The SMILES string of the molecule is CC(=O)OCCOCCCC(N)S(C)(=O)=O. The third kappa shape index (κ3) is 8.63. The maximum Gasteiger partial charge on any atom is 0.302 e. The molecule has 0 bridgehead atoms. The predicted molar refractivity (Wildman–Crippen MR) is 59.5 cm³/mol. The maximum absolute atomic E-state index is 10.9. The van der Waals surface area contributed by atoms with Crippen molar-refractivity contribution in [2.45, 2.75) is 25.1 Å². The van der Waals surface area contributed by atoms with Crippen molar-refractivity contribution in [3.8, 4) is 0 Å². The largest absolute Gasteiger partial charge is 0.463 e. The van der Waals surface area contributed by atoms with Gasteiger partial charge in [-0.2, -0.15) is 0 Å². The molecule has 0 rings (SSSR count). The van der Waals surface area contributed by atoms with E-state index in [1.165, 1.54) is 6.92 Å². The second-order valence-electron chi connectivity index (χ2n) is 3.46. The first-order chi connectivity index (χ1) is 7.34. The van der Waals surface area contributed by atoms with E-state index in [0.717, 1.165) is 6.26 Å². The third-order valence-corrected chi connectivity index (χ3v) is 3.20. The van der Waals surface area contributed by atoms with Crippen LogP contribution in [0.15, 0.2) is 0 Å². The van der Waals surface area contributed by atoms with Gasteiger partial charge in [-0.1, -0.05) is 0 Å². The van der Waals surface area contributed by atoms with Crippen LogP contribution in [-0.4, -0.2) is 45.8 Å². The van der Waals surface area contributed by atoms with Gasteiger partial charge >= 0.3 is 5.97 Å². The first-order valence-corrected chi connectivity index (χ1v) is 6.95. The lowest BCUT2D eigenvalue weighted by Crippen LogP contribution is -2.29. The molecule has 0 aliphatic heterocycles. The van der Waals surface area contributed by atoms with Crippen molar-refractivity contribution in [3.63, 3.8) is 0 Å². The van der Waals surface area contributed by atoms with Crippen molar-refractivity contribution in [1.82, 2.24) is 0 Å². The second kappa shape index (κ2) is 7.59. The van der Waals surface area contributed by atoms with E-state index >= 15 is 0 Å². The number of nitrogens with two attached hydrogens (primary N) is 1. The summed E-state index contributed by atoms with van der Waals surface area (Å²) in [6.45, 7) is 2.26. The van der Waals surface area contributed by atoms with Gasteiger partial charge in [-0.05, 0) is 12.8 Å². The number of esters is 1. The molecule has 0 aliphatic carbocycles. The number of hydrogen-bond donors (Lipinski definition) is 1. The lowest BCUT2D eigenvalue weighted by Gasteiger charge is -2.09. The standard InChI is InChI=1S/C9H19NO5S/c1-8(11)15-7-6-14-5-3-4-9(10)16(2,12)13/h9H,3-7,10H2,1-2H3. The molecule has 0 spiro atoms. The molecule has 0 amide bonds. The molecule has 0 radical (unpaired) electrons. The maximum atomic E-state index is 10.9. The molecule has 0 heterocycles. The quantitative estimate of drug-likeness (QED) is 0.470. The highest BCUT2D eigenvalue weighted by Crippen LogP contribution is 2.01. The fourth-order valence-electron chi connectivity index (χ4n) is 0.947. The van der Waals surface area contributed by atoms with Crippen LogP contribution in [0.3, 0.4) is 0 Å². The van der Waals surface area contributed by atoms with Gasteiger partial charge in [0.15, 0.2) is 9.84 Å². The van der Waals surface area contributed by atoms with Crippen molar-refractivity contribution >= 4 is 15.8 Å². The van der Waals surface area contributed by atoms with Crippen molar-refractivity contribution in [1.29, 1.82) is 0 Å². The zero-order chi connectivity index (χ0) is 12.6. The van der Waals surface area contributed by atoms with Crippen LogP contribution in [0, 0.1) is 0 Å². The molecule has 0 aromatic heterocycles. The Bertz CT molecular complexity index is 301. The Balaban J connectivity index is 3.38. The van der Waals surface area contributed by atoms with Crippen LogP contribution in [0.2, 0.25) is 0 Å². The van der Waals surface area contributed by atoms with Gasteiger partial charge in [0.25, 0.3) is 0 Å². The molecule has 0 aliphatic rings. The number of ether oxygens (including phenoxy) is 2. The van der Waals surface area contributed by atoms with Crippen LogP contribution in [0.4, 0.5) is 0 Å². The molecule has 96 valence electrons. The average molecular weight is 253 g/mol. The first-order valence-electron chi connectivity index (χ1n) is 4.99. The van der Waals surface area contributed by atoms with Crippen molar-refractivity contribution in [2.75, 3.05) is 26.1 Å². The molecular weight excluding hydrogens is 234 g/mol. The lowest BCUT2D eigenvalue weighted by atomic mass is 10.3. The summed E-state index contributed by atoms with van der Waals surface area (Å²) in [6, 6.07) is 0. The zero-order valence-electron chi connectivity index (χ0n) is 9.64. The van der Waals surface area contributed by atoms with E-state index in [0.29, 0.717) is 26.1 Å². The number of carbonyl (C=O) groups is 1. The summed E-state index contributed by atoms with van der Waals surface area (Å²) in [5.41, 5.74) is 5.42. The van der Waals surface area contributed by atoms with E-state index in [1.54, 1.807) is 0 Å². The van der Waals surface area contributed by atoms with E-state index in [-0.39, 0.29) is 12.6 Å². The van der Waals surface area contributed by atoms with Crippen molar-refractivity contribution in [2.24, 2.45) is 5.73 Å². The van der Waals surface area contributed by atoms with Crippen LogP contribution in [-0.2, 0) is 24.1 Å². The summed E-state index contributed by atoms with van der Waals surface area (Å²) in [6.07, 6.45) is 2.04. The molecule has 1 atom stereocenters. The molecule has 0 fully saturated rings. The molecule has 0 aromatic carbocycles. The van der Waals surface area contributed by atoms with Gasteiger partial charge in [-0.15, -0.1) is 0 Å². The van der Waals surface area contributed by atoms with Gasteiger partial charge in [-0.3, -0.25) is 4.79 Å². The summed E-state index contributed by atoms with van der Waals surface area (Å²) in [4.78, 5) is 10.4. The first kappa shape index (κ1) is 15.3. The molecule has 0 saturated heterocycles. The number of hydrogen-bond acceptors (Lipinski definition) is 6. The minimum absolute atomic E-state index is 0.216. The molecule has 0 saturated carbocycles. The zero-order valence-corrected chi connectivity index (χ0v) is 10.5. The minimum Gasteiger partial charge on any atom is -0.463 e. The summed E-state index contributed by atoms with van der Waals surface area (Å²) in [7, 11) is -3.16. The fraction of sp³-hybridized carbons (Fsp3) is 0.889. The summed E-state index contributed by atoms with van der Waals surface area (Å²) < 4.78 is 31.7. The average Bonchev–Trinajstić information content (AvgIpc) is 2.14.